The van der Waals surface area contributed by atoms with Crippen molar-refractivity contribution in [2.24, 2.45) is 5.92 Å². The normalized spacial score (nSPS) is 19.5. The predicted octanol–water partition coefficient (Wildman–Crippen LogP) is 6.91. The van der Waals surface area contributed by atoms with Gasteiger partial charge in [0.25, 0.3) is 5.91 Å². The number of halogens is 3. The highest BCUT2D eigenvalue weighted by atomic mass is 19.4. The van der Waals surface area contributed by atoms with Gasteiger partial charge in [0.05, 0.1) is 36.0 Å². The van der Waals surface area contributed by atoms with E-state index < -0.39 is 41.9 Å². The van der Waals surface area contributed by atoms with Crippen molar-refractivity contribution in [1.29, 1.82) is 0 Å². The minimum absolute atomic E-state index is 0.105. The molecular weight excluding hydrogens is 685 g/mol. The smallest absolute Gasteiger partial charge is 0.416 e. The number of aromatic nitrogens is 1. The fourth-order valence-electron chi connectivity index (χ4n) is 5.71. The Morgan fingerprint density at radius 3 is 2.38 bits per heavy atom. The first-order valence-electron chi connectivity index (χ1n) is 17.1. The molecule has 52 heavy (non-hydrogen) atoms. The zero-order valence-corrected chi connectivity index (χ0v) is 30.2. The maximum Gasteiger partial charge on any atom is 0.416 e. The zero-order valence-electron chi connectivity index (χ0n) is 30.2. The highest BCUT2D eigenvalue weighted by molar-refractivity contribution is 6.03. The number of amides is 5. The van der Waals surface area contributed by atoms with Gasteiger partial charge in [-0.3, -0.25) is 4.79 Å². The molecule has 0 radical (unpaired) electrons. The molecule has 3 aromatic rings. The van der Waals surface area contributed by atoms with Crippen LogP contribution >= 0.6 is 0 Å². The van der Waals surface area contributed by atoms with Crippen molar-refractivity contribution in [1.82, 2.24) is 15.0 Å². The van der Waals surface area contributed by atoms with E-state index in [-0.39, 0.29) is 43.0 Å². The zero-order chi connectivity index (χ0) is 38.2. The molecule has 4 N–H and O–H groups in total. The van der Waals surface area contributed by atoms with Gasteiger partial charge in [0, 0.05) is 44.0 Å². The van der Waals surface area contributed by atoms with Crippen molar-refractivity contribution in [2.45, 2.75) is 78.3 Å². The lowest BCUT2D eigenvalue weighted by atomic mass is 10.0. The first-order valence-corrected chi connectivity index (χ1v) is 17.1. The van der Waals surface area contributed by atoms with Gasteiger partial charge in [0.1, 0.15) is 17.1 Å². The Balaban J connectivity index is 1.56. The molecule has 1 aliphatic rings. The third kappa shape index (κ3) is 10.6. The summed E-state index contributed by atoms with van der Waals surface area (Å²) in [6.45, 7) is 9.10. The van der Waals surface area contributed by atoms with Gasteiger partial charge in [0.2, 0.25) is 0 Å². The Morgan fingerprint density at radius 1 is 1.06 bits per heavy atom. The van der Waals surface area contributed by atoms with E-state index in [1.165, 1.54) is 28.0 Å². The van der Waals surface area contributed by atoms with Crippen LogP contribution in [0.3, 0.4) is 0 Å². The van der Waals surface area contributed by atoms with Crippen LogP contribution in [0.15, 0.2) is 47.0 Å². The van der Waals surface area contributed by atoms with E-state index in [0.29, 0.717) is 48.0 Å². The summed E-state index contributed by atoms with van der Waals surface area (Å²) in [6, 6.07) is 7.19. The number of rotatable bonds is 7. The van der Waals surface area contributed by atoms with Crippen molar-refractivity contribution in [3.8, 4) is 5.75 Å². The number of likely N-dealkylation sites (N-methyl/N-ethyl adjacent to an activating group) is 1. The second kappa shape index (κ2) is 17.6. The Kier molecular flexibility index (Phi) is 13.5. The molecule has 4 atom stereocenters. The number of nitrogens with zero attached hydrogens (tertiary/aromatic N) is 3. The largest absolute Gasteiger partial charge is 0.490 e. The molecule has 0 spiro atoms. The predicted molar refractivity (Wildman–Crippen MR) is 189 cm³/mol. The number of nitrogens with one attached hydrogen (secondary N) is 3. The van der Waals surface area contributed by atoms with Crippen LogP contribution in [0.25, 0.3) is 0 Å². The molecule has 2 aromatic carbocycles. The number of carbonyl (C=O) groups is 3. The molecule has 13 nitrogen and oxygen atoms in total. The van der Waals surface area contributed by atoms with Crippen LogP contribution in [-0.4, -0.2) is 89.6 Å². The number of hydrogen-bond donors (Lipinski definition) is 4. The Labute approximate surface area is 300 Å². The number of aryl methyl sites for hydroxylation is 2. The molecule has 0 saturated carbocycles. The average molecular weight is 733 g/mol. The molecular formula is C36H47F3N6O7. The third-order valence-electron chi connectivity index (χ3n) is 8.85. The van der Waals surface area contributed by atoms with E-state index in [1.54, 1.807) is 40.0 Å². The van der Waals surface area contributed by atoms with Crippen molar-refractivity contribution in [2.75, 3.05) is 49.3 Å². The summed E-state index contributed by atoms with van der Waals surface area (Å²) in [6.07, 6.45) is -3.21. The molecule has 0 saturated heterocycles. The van der Waals surface area contributed by atoms with Crippen LogP contribution in [0.2, 0.25) is 0 Å². The second-order valence-corrected chi connectivity index (χ2v) is 13.2. The number of ether oxygens (including phenoxy) is 2. The number of aliphatic hydroxyl groups is 1. The van der Waals surface area contributed by atoms with Gasteiger partial charge in [-0.2, -0.15) is 13.2 Å². The molecule has 2 heterocycles. The summed E-state index contributed by atoms with van der Waals surface area (Å²) in [4.78, 5) is 43.3. The lowest BCUT2D eigenvalue weighted by Gasteiger charge is -2.35. The van der Waals surface area contributed by atoms with Crippen LogP contribution in [0.4, 0.5) is 39.8 Å². The van der Waals surface area contributed by atoms with Crippen molar-refractivity contribution >= 4 is 35.0 Å². The van der Waals surface area contributed by atoms with Gasteiger partial charge >= 0.3 is 18.2 Å². The average Bonchev–Trinajstić information content (AvgIpc) is 3.41. The Hall–Kier alpha value is -4.83. The molecule has 0 aliphatic carbocycles. The fraction of sp³-hybridized carbons (Fsp3) is 0.500. The summed E-state index contributed by atoms with van der Waals surface area (Å²) < 4.78 is 56.6. The van der Waals surface area contributed by atoms with Gasteiger partial charge in [-0.05, 0) is 89.4 Å². The van der Waals surface area contributed by atoms with Crippen LogP contribution in [-0.2, 0) is 10.9 Å². The number of benzene rings is 2. The van der Waals surface area contributed by atoms with Gasteiger partial charge in [-0.15, -0.1) is 0 Å². The highest BCUT2D eigenvalue weighted by Crippen LogP contribution is 2.31. The summed E-state index contributed by atoms with van der Waals surface area (Å²) in [5, 5.41) is 22.1. The van der Waals surface area contributed by atoms with Gasteiger partial charge < -0.3 is 44.9 Å². The van der Waals surface area contributed by atoms with Gasteiger partial charge in [-0.25, -0.2) is 9.59 Å². The number of urea groups is 2. The molecule has 1 aromatic heterocycles. The van der Waals surface area contributed by atoms with Crippen molar-refractivity contribution in [3.63, 3.8) is 0 Å². The van der Waals surface area contributed by atoms with Crippen LogP contribution in [0.1, 0.15) is 67.4 Å². The van der Waals surface area contributed by atoms with Crippen LogP contribution in [0.5, 0.6) is 5.75 Å². The number of fused-ring (bicyclic) bond motifs is 1. The van der Waals surface area contributed by atoms with E-state index in [0.717, 1.165) is 18.6 Å². The lowest BCUT2D eigenvalue weighted by Crippen LogP contribution is -2.48. The minimum atomic E-state index is -4.50. The van der Waals surface area contributed by atoms with E-state index in [4.69, 9.17) is 14.0 Å². The van der Waals surface area contributed by atoms with Crippen LogP contribution < -0.4 is 20.7 Å². The van der Waals surface area contributed by atoms with Crippen molar-refractivity contribution < 1.29 is 46.7 Å². The highest BCUT2D eigenvalue weighted by Gasteiger charge is 2.32. The molecule has 284 valence electrons. The number of alkyl halides is 3. The second-order valence-electron chi connectivity index (χ2n) is 13.2. The SMILES string of the molecule is Cc1noc(C)c1NC(=O)Nc1ccc2c(c1)C(=O)N([C@H](C)CO)C[C@@H](C)[C@H](CN(C)C(=O)Nc1ccc(C(F)(F)F)cc1)OCCCC[C@@H](C)O2. The number of carbonyl (C=O) groups excluding carboxylic acids is 3. The third-order valence-corrected chi connectivity index (χ3v) is 8.85. The molecule has 16 heteroatoms. The summed E-state index contributed by atoms with van der Waals surface area (Å²) in [5.74, 6) is -0.0471. The maximum absolute atomic E-state index is 14.4. The van der Waals surface area contributed by atoms with Crippen LogP contribution in [0, 0.1) is 19.8 Å². The molecule has 0 bridgehead atoms. The Bertz CT molecular complexity index is 1660. The minimum Gasteiger partial charge on any atom is -0.490 e. The molecule has 5 amide bonds. The van der Waals surface area contributed by atoms with E-state index in [9.17, 15) is 32.7 Å². The van der Waals surface area contributed by atoms with E-state index >= 15 is 0 Å². The Morgan fingerprint density at radius 2 is 1.75 bits per heavy atom. The maximum atomic E-state index is 14.4. The quantitative estimate of drug-likeness (QED) is 0.204. The van der Waals surface area contributed by atoms with E-state index in [1.807, 2.05) is 13.8 Å². The van der Waals surface area contributed by atoms with E-state index in [2.05, 4.69) is 21.1 Å². The number of anilines is 3. The monoisotopic (exact) mass is 732 g/mol. The van der Waals surface area contributed by atoms with Crippen molar-refractivity contribution in [3.05, 3.63) is 65.0 Å². The number of hydrogen-bond acceptors (Lipinski definition) is 8. The van der Waals surface area contributed by atoms with Gasteiger partial charge in [0.15, 0.2) is 5.76 Å². The molecule has 0 unspecified atom stereocenters. The molecule has 4 rings (SSSR count). The molecule has 1 aliphatic heterocycles. The summed E-state index contributed by atoms with van der Waals surface area (Å²) in [5.41, 5.74) is 0.804. The standard InChI is InChI=1S/C36H47F3N6O7/c1-21-18-45(22(2)20-46)33(47)29-17-28(40-34(48)42-32-24(4)43-52-25(32)5)14-15-30(29)51-23(3)9-7-8-16-50-31(21)19-44(6)35(49)41-27-12-10-26(11-13-27)36(37,38)39/h10-15,17,21-23,31,46H,7-9,16,18-20H2,1-6H3,(H,41,49)(H2,40,42,48)/t21-,22-,23-,31+/m1/s1. The summed E-state index contributed by atoms with van der Waals surface area (Å²) in [7, 11) is 1.55. The summed E-state index contributed by atoms with van der Waals surface area (Å²) >= 11 is 0. The lowest BCUT2D eigenvalue weighted by molar-refractivity contribution is -0.137. The first-order chi connectivity index (χ1) is 24.6. The molecule has 0 fully saturated rings. The number of aliphatic hydroxyl groups excluding tert-OH is 1. The fourth-order valence-corrected chi connectivity index (χ4v) is 5.71. The van der Waals surface area contributed by atoms with Gasteiger partial charge in [-0.1, -0.05) is 12.1 Å². The topological polar surface area (TPSA) is 158 Å². The first kappa shape index (κ1) is 39.9.